The molecule has 0 N–H and O–H groups in total. The molecule has 114 heavy (non-hydrogen) atoms. The van der Waals surface area contributed by atoms with E-state index in [2.05, 4.69) is 440 Å². The van der Waals surface area contributed by atoms with Gasteiger partial charge in [0.2, 0.25) is 0 Å². The summed E-state index contributed by atoms with van der Waals surface area (Å²) in [6.07, 6.45) is 27.3. The van der Waals surface area contributed by atoms with Gasteiger partial charge in [0.05, 0.1) is 66.9 Å². The first-order chi connectivity index (χ1) is 56.5. The smallest absolute Gasteiger partial charge is 0.0542 e. The molecule has 6 heteroatoms. The average Bonchev–Trinajstić information content (AvgIpc) is 1.58. The topological polar surface area (TPSA) is 29.6 Å². The highest BCUT2D eigenvalue weighted by Gasteiger charge is 2.24. The first-order valence-corrected chi connectivity index (χ1v) is 39.2. The maximum Gasteiger partial charge on any atom is 0.0542 e. The van der Waals surface area contributed by atoms with E-state index >= 15 is 0 Å². The number of aromatic nitrogens is 6. The maximum atomic E-state index is 3.72. The van der Waals surface area contributed by atoms with E-state index in [1.54, 1.807) is 6.08 Å². The Balaban J connectivity index is 0.000000150. The molecule has 0 amide bonds. The number of hydrogen-bond acceptors (Lipinski definition) is 0. The Morgan fingerprint density at radius 3 is 0.939 bits per heavy atom. The van der Waals surface area contributed by atoms with Crippen LogP contribution in [0.25, 0.3) is 179 Å². The molecular weight excluding hydrogens is 1380 g/mol. The Hall–Kier alpha value is -15.0. The number of allylic oxidation sites excluding steroid dienone is 11. The molecule has 1 aliphatic rings. The van der Waals surface area contributed by atoms with Gasteiger partial charge in [-0.2, -0.15) is 0 Å². The molecule has 21 rings (SSSR count). The van der Waals surface area contributed by atoms with Crippen molar-refractivity contribution in [1.82, 2.24) is 27.4 Å². The highest BCUT2D eigenvalue weighted by atomic mass is 15.0. The van der Waals surface area contributed by atoms with E-state index < -0.39 is 0 Å². The van der Waals surface area contributed by atoms with Gasteiger partial charge in [-0.25, -0.2) is 0 Å². The predicted molar refractivity (Wildman–Crippen MR) is 484 cm³/mol. The lowest BCUT2D eigenvalue weighted by molar-refractivity contribution is 1.03. The van der Waals surface area contributed by atoms with Crippen LogP contribution < -0.4 is 0 Å². The number of hydrogen-bond donors (Lipinski definition) is 0. The summed E-state index contributed by atoms with van der Waals surface area (Å²) in [6, 6.07) is 133. The third kappa shape index (κ3) is 12.6. The Labute approximate surface area is 662 Å². The van der Waals surface area contributed by atoms with Crippen LogP contribution in [0.4, 0.5) is 0 Å². The second kappa shape index (κ2) is 29.8. The lowest BCUT2D eigenvalue weighted by atomic mass is 10.1. The SMILES string of the molecule is C=C\C=C/C=C/C=C/c1ccc(-n2c(-c3ccccc3)cc3cc4c(cc(-c5ccccc5)n4-c4ccc(/C=C/C5=CCCC=C5)cc4)cc32)cc1.c1ccc(-c2cc3cc4c(cc(-c5ccccc5)n4-c4ccc5c(c4)c4ccccc4n5-c4ccccc4)cc3n2-c2ccc3c(c2)c2ccccc2n3-c2ccccc2)cc1. The third-order valence-electron chi connectivity index (χ3n) is 22.2. The molecule has 0 saturated carbocycles. The van der Waals surface area contributed by atoms with Gasteiger partial charge in [-0.3, -0.25) is 0 Å². The van der Waals surface area contributed by atoms with Gasteiger partial charge in [0.25, 0.3) is 0 Å². The molecule has 6 nitrogen and oxygen atoms in total. The monoisotopic (exact) mass is 1460 g/mol. The maximum absolute atomic E-state index is 3.72. The van der Waals surface area contributed by atoms with Crippen LogP contribution in [-0.4, -0.2) is 27.4 Å². The molecule has 0 saturated heterocycles. The van der Waals surface area contributed by atoms with Gasteiger partial charge in [-0.05, 0) is 197 Å². The highest BCUT2D eigenvalue weighted by molar-refractivity contribution is 6.12. The van der Waals surface area contributed by atoms with Crippen LogP contribution in [-0.2, 0) is 0 Å². The molecule has 6 heterocycles. The summed E-state index contributed by atoms with van der Waals surface area (Å²) in [4.78, 5) is 0. The molecule has 0 aliphatic heterocycles. The molecular formula is C108H78N6. The van der Waals surface area contributed by atoms with Crippen molar-refractivity contribution in [2.45, 2.75) is 12.8 Å². The van der Waals surface area contributed by atoms with Gasteiger partial charge in [-0.15, -0.1) is 0 Å². The standard InChI is InChI=1S/C58H38N4.C50H40N2/c1-5-17-39(18-6-1)55-33-41-35-58-42(36-57(41)61(55)45-29-31-53-49(37-45)47-25-13-15-27-51(47)59(53)43-21-9-3-10-22-43)34-56(40-19-7-2-8-20-40)62(58)46-30-32-54-50(38-46)48-26-14-16-28-52(48)60(54)44-23-11-4-12-24-44;1-2-3-4-5-6-10-19-39-26-30-45(31-27-39)51-47(41-20-13-8-14-21-41)34-43-37-50-44(36-49(43)51)35-48(42-22-15-9-16-23-42)52(50)46-32-28-40(29-33-46)25-24-38-17-11-7-12-18-38/h1-38H;2-6,8-11,13-37H,1,7,12H2/b;4-3-,6-5+,19-10+,25-24+. The fraction of sp³-hybridized carbons (Fsp3) is 0.0185. The summed E-state index contributed by atoms with van der Waals surface area (Å²) in [6.45, 7) is 3.72. The predicted octanol–water partition coefficient (Wildman–Crippen LogP) is 28.6. The summed E-state index contributed by atoms with van der Waals surface area (Å²) in [5.74, 6) is 0. The van der Waals surface area contributed by atoms with E-state index in [-0.39, 0.29) is 0 Å². The van der Waals surface area contributed by atoms with Crippen LogP contribution in [0.5, 0.6) is 0 Å². The van der Waals surface area contributed by atoms with Crippen LogP contribution in [0.2, 0.25) is 0 Å². The lowest BCUT2D eigenvalue weighted by Crippen LogP contribution is -1.98. The molecule has 540 valence electrons. The number of rotatable bonds is 16. The first-order valence-electron chi connectivity index (χ1n) is 39.2. The van der Waals surface area contributed by atoms with Crippen LogP contribution in [0.3, 0.4) is 0 Å². The van der Waals surface area contributed by atoms with Crippen molar-refractivity contribution in [2.75, 3.05) is 0 Å². The normalized spacial score (nSPS) is 12.6. The van der Waals surface area contributed by atoms with Crippen molar-refractivity contribution in [3.63, 3.8) is 0 Å². The molecule has 6 aromatic heterocycles. The number of benzene rings is 14. The van der Waals surface area contributed by atoms with E-state index in [1.807, 2.05) is 24.3 Å². The number of fused-ring (bicyclic) bond motifs is 10. The molecule has 0 unspecified atom stereocenters. The Bertz CT molecular complexity index is 6960. The lowest BCUT2D eigenvalue weighted by Gasteiger charge is -2.14. The number of para-hydroxylation sites is 4. The van der Waals surface area contributed by atoms with Crippen molar-refractivity contribution >= 4 is 99.4 Å². The van der Waals surface area contributed by atoms with Crippen LogP contribution in [0.1, 0.15) is 24.0 Å². The molecule has 0 spiro atoms. The molecule has 14 aromatic carbocycles. The van der Waals surface area contributed by atoms with Gasteiger partial charge in [0, 0.05) is 77.2 Å². The van der Waals surface area contributed by atoms with Crippen molar-refractivity contribution in [3.05, 3.63) is 448 Å². The average molecular weight is 1460 g/mol. The second-order valence-electron chi connectivity index (χ2n) is 29.2. The Kier molecular flexibility index (Phi) is 17.8. The minimum Gasteiger partial charge on any atom is -0.309 e. The molecule has 0 radical (unpaired) electrons. The van der Waals surface area contributed by atoms with Gasteiger partial charge < -0.3 is 27.4 Å². The van der Waals surface area contributed by atoms with E-state index in [4.69, 9.17) is 0 Å². The first kappa shape index (κ1) is 68.3. The zero-order valence-electron chi connectivity index (χ0n) is 62.9. The van der Waals surface area contributed by atoms with Crippen molar-refractivity contribution in [2.24, 2.45) is 0 Å². The van der Waals surface area contributed by atoms with Crippen LogP contribution in [0, 0.1) is 0 Å². The van der Waals surface area contributed by atoms with Gasteiger partial charge in [-0.1, -0.05) is 298 Å². The minimum atomic E-state index is 1.11. The van der Waals surface area contributed by atoms with Crippen molar-refractivity contribution in [3.8, 4) is 79.2 Å². The fourth-order valence-electron chi connectivity index (χ4n) is 17.0. The van der Waals surface area contributed by atoms with Crippen molar-refractivity contribution < 1.29 is 0 Å². The number of nitrogens with zero attached hydrogens (tertiary/aromatic N) is 6. The molecule has 0 atom stereocenters. The van der Waals surface area contributed by atoms with Crippen molar-refractivity contribution in [1.29, 1.82) is 0 Å². The summed E-state index contributed by atoms with van der Waals surface area (Å²) in [5, 5.41) is 9.69. The van der Waals surface area contributed by atoms with Gasteiger partial charge >= 0.3 is 0 Å². The third-order valence-corrected chi connectivity index (χ3v) is 22.2. The molecule has 0 fully saturated rings. The fourth-order valence-corrected chi connectivity index (χ4v) is 17.0. The zero-order valence-corrected chi connectivity index (χ0v) is 62.9. The summed E-state index contributed by atoms with van der Waals surface area (Å²) < 4.78 is 14.5. The summed E-state index contributed by atoms with van der Waals surface area (Å²) >= 11 is 0. The van der Waals surface area contributed by atoms with E-state index in [0.29, 0.717) is 0 Å². The van der Waals surface area contributed by atoms with Gasteiger partial charge in [0.15, 0.2) is 0 Å². The van der Waals surface area contributed by atoms with E-state index in [0.717, 1.165) is 69.6 Å². The molecule has 20 aromatic rings. The zero-order chi connectivity index (χ0) is 75.8. The summed E-state index contributed by atoms with van der Waals surface area (Å²) in [5.41, 5.74) is 29.3. The second-order valence-corrected chi connectivity index (χ2v) is 29.2. The van der Waals surface area contributed by atoms with Crippen LogP contribution in [0.15, 0.2) is 437 Å². The largest absolute Gasteiger partial charge is 0.309 e. The highest BCUT2D eigenvalue weighted by Crippen LogP contribution is 2.44. The van der Waals surface area contributed by atoms with Crippen LogP contribution >= 0.6 is 0 Å². The van der Waals surface area contributed by atoms with E-state index in [9.17, 15) is 0 Å². The summed E-state index contributed by atoms with van der Waals surface area (Å²) in [7, 11) is 0. The Morgan fingerprint density at radius 1 is 0.228 bits per heavy atom. The molecule has 0 bridgehead atoms. The molecule has 1 aliphatic carbocycles. The Morgan fingerprint density at radius 2 is 0.553 bits per heavy atom. The van der Waals surface area contributed by atoms with Gasteiger partial charge in [0.1, 0.15) is 0 Å². The minimum absolute atomic E-state index is 1.11. The van der Waals surface area contributed by atoms with E-state index in [1.165, 1.54) is 126 Å². The quantitative estimate of drug-likeness (QED) is 0.0863.